The van der Waals surface area contributed by atoms with E-state index in [4.69, 9.17) is 5.11 Å². The molecule has 0 aliphatic rings. The zero-order valence-electron chi connectivity index (χ0n) is 10.9. The molecular weight excluding hydrogens is 240 g/mol. The number of nitrogens with one attached hydrogen (secondary N) is 1. The van der Waals surface area contributed by atoms with Crippen molar-refractivity contribution >= 4 is 11.6 Å². The summed E-state index contributed by atoms with van der Waals surface area (Å²) in [6, 6.07) is 0.512. The number of pyridine rings is 1. The maximum absolute atomic E-state index is 13.6. The molecule has 1 aromatic heterocycles. The minimum atomic E-state index is -0.739. The van der Waals surface area contributed by atoms with E-state index in [1.54, 1.807) is 14.0 Å². The lowest BCUT2D eigenvalue weighted by molar-refractivity contribution is 0.269. The Labute approximate surface area is 106 Å². The van der Waals surface area contributed by atoms with Crippen LogP contribution in [0, 0.1) is 11.6 Å². The molecule has 1 unspecified atom stereocenters. The van der Waals surface area contributed by atoms with Crippen LogP contribution in [0.4, 0.5) is 20.4 Å². The molecule has 0 fully saturated rings. The Hall–Kier alpha value is -1.43. The van der Waals surface area contributed by atoms with Crippen LogP contribution in [0.2, 0.25) is 0 Å². The number of likely N-dealkylation sites (N-methyl/N-ethyl adjacent to an activating group) is 1. The summed E-state index contributed by atoms with van der Waals surface area (Å²) in [7, 11) is 1.60. The summed E-state index contributed by atoms with van der Waals surface area (Å²) in [6.45, 7) is 4.10. The predicted molar refractivity (Wildman–Crippen MR) is 67.9 cm³/mol. The van der Waals surface area contributed by atoms with Crippen LogP contribution in [0.3, 0.4) is 0 Å². The molecule has 18 heavy (non-hydrogen) atoms. The predicted octanol–water partition coefficient (Wildman–Crippen LogP) is 2.00. The van der Waals surface area contributed by atoms with Crippen molar-refractivity contribution < 1.29 is 13.9 Å². The van der Waals surface area contributed by atoms with E-state index < -0.39 is 11.6 Å². The highest BCUT2D eigenvalue weighted by atomic mass is 19.1. The fourth-order valence-corrected chi connectivity index (χ4v) is 1.40. The van der Waals surface area contributed by atoms with E-state index in [0.29, 0.717) is 6.54 Å². The Balaban J connectivity index is 3.04. The Bertz CT molecular complexity index is 401. The number of hydrogen-bond donors (Lipinski definition) is 2. The van der Waals surface area contributed by atoms with Crippen LogP contribution < -0.4 is 10.2 Å². The lowest BCUT2D eigenvalue weighted by atomic mass is 10.3. The zero-order chi connectivity index (χ0) is 13.7. The van der Waals surface area contributed by atoms with Crippen LogP contribution >= 0.6 is 0 Å². The van der Waals surface area contributed by atoms with E-state index in [1.807, 2.05) is 6.92 Å². The van der Waals surface area contributed by atoms with Gasteiger partial charge in [-0.3, -0.25) is 0 Å². The normalized spacial score (nSPS) is 12.3. The van der Waals surface area contributed by atoms with Gasteiger partial charge in [0.15, 0.2) is 23.3 Å². The molecule has 6 heteroatoms. The molecular formula is C12H19F2N3O. The van der Waals surface area contributed by atoms with Gasteiger partial charge < -0.3 is 15.3 Å². The van der Waals surface area contributed by atoms with Gasteiger partial charge in [-0.2, -0.15) is 0 Å². The van der Waals surface area contributed by atoms with Crippen LogP contribution in [0.15, 0.2) is 6.07 Å². The minimum Gasteiger partial charge on any atom is -0.394 e. The third kappa shape index (κ3) is 3.29. The topological polar surface area (TPSA) is 48.4 Å². The largest absolute Gasteiger partial charge is 0.394 e. The number of anilines is 2. The van der Waals surface area contributed by atoms with Crippen molar-refractivity contribution in [2.24, 2.45) is 0 Å². The van der Waals surface area contributed by atoms with Gasteiger partial charge in [0, 0.05) is 19.7 Å². The highest BCUT2D eigenvalue weighted by Gasteiger charge is 2.18. The number of rotatable bonds is 6. The van der Waals surface area contributed by atoms with Gasteiger partial charge >= 0.3 is 0 Å². The summed E-state index contributed by atoms with van der Waals surface area (Å²) in [5.74, 6) is -1.39. The van der Waals surface area contributed by atoms with Gasteiger partial charge in [-0.1, -0.05) is 6.92 Å². The molecule has 0 radical (unpaired) electrons. The quantitative estimate of drug-likeness (QED) is 0.820. The van der Waals surface area contributed by atoms with E-state index in [9.17, 15) is 8.78 Å². The third-order valence-corrected chi connectivity index (χ3v) is 2.71. The first kappa shape index (κ1) is 14.6. The van der Waals surface area contributed by atoms with Crippen molar-refractivity contribution in [1.82, 2.24) is 4.98 Å². The number of hydrogen-bond acceptors (Lipinski definition) is 4. The second-order valence-electron chi connectivity index (χ2n) is 4.19. The molecule has 0 amide bonds. The monoisotopic (exact) mass is 259 g/mol. The average Bonchev–Trinajstić information content (AvgIpc) is 2.36. The van der Waals surface area contributed by atoms with Gasteiger partial charge in [0.1, 0.15) is 0 Å². The van der Waals surface area contributed by atoms with E-state index in [1.165, 1.54) is 4.90 Å². The third-order valence-electron chi connectivity index (χ3n) is 2.71. The van der Waals surface area contributed by atoms with E-state index in [2.05, 4.69) is 10.3 Å². The van der Waals surface area contributed by atoms with Crippen LogP contribution in [0.5, 0.6) is 0 Å². The highest BCUT2D eigenvalue weighted by Crippen LogP contribution is 2.22. The van der Waals surface area contributed by atoms with Gasteiger partial charge in [-0.15, -0.1) is 0 Å². The maximum Gasteiger partial charge on any atom is 0.168 e. The Kier molecular flexibility index (Phi) is 5.27. The molecule has 0 spiro atoms. The van der Waals surface area contributed by atoms with Crippen molar-refractivity contribution in [3.05, 3.63) is 17.7 Å². The molecule has 0 saturated heterocycles. The molecule has 102 valence electrons. The molecule has 1 atom stereocenters. The summed E-state index contributed by atoms with van der Waals surface area (Å²) < 4.78 is 27.1. The second-order valence-corrected chi connectivity index (χ2v) is 4.19. The van der Waals surface area contributed by atoms with Crippen molar-refractivity contribution in [1.29, 1.82) is 0 Å². The lowest BCUT2D eigenvalue weighted by Crippen LogP contribution is -2.33. The van der Waals surface area contributed by atoms with E-state index in [-0.39, 0.29) is 24.3 Å². The van der Waals surface area contributed by atoms with Gasteiger partial charge in [0.05, 0.1) is 12.6 Å². The SMILES string of the molecule is CCCNc1nc(N(C)C(C)CO)c(F)cc1F. The molecule has 0 aliphatic heterocycles. The number of aromatic nitrogens is 1. The van der Waals surface area contributed by atoms with Crippen LogP contribution in [-0.4, -0.2) is 36.3 Å². The molecule has 1 rings (SSSR count). The van der Waals surface area contributed by atoms with E-state index in [0.717, 1.165) is 12.5 Å². The summed E-state index contributed by atoms with van der Waals surface area (Å²) in [5.41, 5.74) is 0. The minimum absolute atomic E-state index is 0.0246. The molecule has 2 N–H and O–H groups in total. The van der Waals surface area contributed by atoms with Crippen molar-refractivity contribution in [2.45, 2.75) is 26.3 Å². The van der Waals surface area contributed by atoms with Crippen molar-refractivity contribution in [2.75, 3.05) is 30.4 Å². The number of halogens is 2. The van der Waals surface area contributed by atoms with Gasteiger partial charge in [-0.25, -0.2) is 13.8 Å². The fourth-order valence-electron chi connectivity index (χ4n) is 1.40. The number of aliphatic hydroxyl groups excluding tert-OH is 1. The second kappa shape index (κ2) is 6.49. The Morgan fingerprint density at radius 3 is 2.67 bits per heavy atom. The molecule has 0 saturated carbocycles. The standard InChI is InChI=1S/C12H19F2N3O/c1-4-5-15-11-9(13)6-10(14)12(16-11)17(3)8(2)7-18/h6,8,18H,4-5,7H2,1-3H3,(H,15,16). The van der Waals surface area contributed by atoms with Crippen LogP contribution in [-0.2, 0) is 0 Å². The van der Waals surface area contributed by atoms with Crippen molar-refractivity contribution in [3.63, 3.8) is 0 Å². The summed E-state index contributed by atoms with van der Waals surface area (Å²) in [4.78, 5) is 5.41. The molecule has 0 aliphatic carbocycles. The first-order valence-corrected chi connectivity index (χ1v) is 5.94. The van der Waals surface area contributed by atoms with Gasteiger partial charge in [-0.05, 0) is 13.3 Å². The highest BCUT2D eigenvalue weighted by molar-refractivity contribution is 5.49. The van der Waals surface area contributed by atoms with Crippen LogP contribution in [0.1, 0.15) is 20.3 Å². The first-order valence-electron chi connectivity index (χ1n) is 5.94. The van der Waals surface area contributed by atoms with Gasteiger partial charge in [0.25, 0.3) is 0 Å². The molecule has 0 bridgehead atoms. The summed E-state index contributed by atoms with van der Waals surface area (Å²) in [5, 5.41) is 11.8. The van der Waals surface area contributed by atoms with Gasteiger partial charge in [0.2, 0.25) is 0 Å². The lowest BCUT2D eigenvalue weighted by Gasteiger charge is -2.25. The van der Waals surface area contributed by atoms with E-state index >= 15 is 0 Å². The first-order chi connectivity index (χ1) is 8.51. The molecule has 4 nitrogen and oxygen atoms in total. The Morgan fingerprint density at radius 2 is 2.11 bits per heavy atom. The fraction of sp³-hybridized carbons (Fsp3) is 0.583. The number of aliphatic hydroxyl groups is 1. The number of nitrogens with zero attached hydrogens (tertiary/aromatic N) is 2. The van der Waals surface area contributed by atoms with Crippen molar-refractivity contribution in [3.8, 4) is 0 Å². The summed E-state index contributed by atoms with van der Waals surface area (Å²) >= 11 is 0. The smallest absolute Gasteiger partial charge is 0.168 e. The average molecular weight is 259 g/mol. The Morgan fingerprint density at radius 1 is 1.44 bits per heavy atom. The molecule has 1 aromatic rings. The molecule has 1 heterocycles. The summed E-state index contributed by atoms with van der Waals surface area (Å²) in [6.07, 6.45) is 0.816. The maximum atomic E-state index is 13.6. The zero-order valence-corrected chi connectivity index (χ0v) is 10.9. The van der Waals surface area contributed by atoms with Crippen LogP contribution in [0.25, 0.3) is 0 Å². The molecule has 0 aromatic carbocycles.